The van der Waals surface area contributed by atoms with E-state index in [4.69, 9.17) is 14.7 Å². The molecular formula is C27H27N7O. The number of nitrogens with one attached hydrogen (secondary N) is 1. The SMILES string of the molecule is CCc1nc2c(C)cc(C)nc2n1Cc1cc(C)c2c(c1)OCc1ccccc1C2c1nn[nH]n1. The fourth-order valence-electron chi connectivity index (χ4n) is 5.30. The minimum atomic E-state index is -0.149. The van der Waals surface area contributed by atoms with Crippen molar-refractivity contribution < 1.29 is 4.74 Å². The van der Waals surface area contributed by atoms with Gasteiger partial charge >= 0.3 is 0 Å². The summed E-state index contributed by atoms with van der Waals surface area (Å²) in [6.07, 6.45) is 0.838. The van der Waals surface area contributed by atoms with Gasteiger partial charge in [0.1, 0.15) is 23.7 Å². The Hall–Kier alpha value is -4.07. The lowest BCUT2D eigenvalue weighted by Gasteiger charge is -2.19. The van der Waals surface area contributed by atoms with Gasteiger partial charge in [-0.3, -0.25) is 0 Å². The number of imidazole rings is 1. The standard InChI is InChI=1S/C27H27N7O/c1-5-22-29-25-16(3)10-17(4)28-27(25)34(22)13-18-11-15(2)23-21(12-18)35-14-19-8-6-7-9-20(19)24(23)26-30-32-33-31-26/h6-12,24H,5,13-14H2,1-4H3,(H,30,31,32,33). The second kappa shape index (κ2) is 8.30. The van der Waals surface area contributed by atoms with E-state index in [0.29, 0.717) is 19.0 Å². The van der Waals surface area contributed by atoms with Crippen LogP contribution in [0.15, 0.2) is 42.5 Å². The molecule has 1 aliphatic heterocycles. The number of H-pyrrole nitrogens is 1. The molecule has 35 heavy (non-hydrogen) atoms. The van der Waals surface area contributed by atoms with Crippen molar-refractivity contribution in [2.75, 3.05) is 0 Å². The first-order valence-corrected chi connectivity index (χ1v) is 11.9. The van der Waals surface area contributed by atoms with Gasteiger partial charge in [-0.2, -0.15) is 5.21 Å². The Kier molecular flexibility index (Phi) is 5.09. The number of fused-ring (bicyclic) bond motifs is 3. The van der Waals surface area contributed by atoms with Crippen molar-refractivity contribution in [3.63, 3.8) is 0 Å². The zero-order valence-corrected chi connectivity index (χ0v) is 20.3. The summed E-state index contributed by atoms with van der Waals surface area (Å²) < 4.78 is 8.63. The van der Waals surface area contributed by atoms with Gasteiger partial charge in [-0.25, -0.2) is 9.97 Å². The van der Waals surface area contributed by atoms with Crippen molar-refractivity contribution in [2.24, 2.45) is 0 Å². The molecular weight excluding hydrogens is 438 g/mol. The van der Waals surface area contributed by atoms with Crippen LogP contribution in [-0.2, 0) is 19.6 Å². The molecule has 0 aliphatic carbocycles. The Labute approximate surface area is 203 Å². The molecule has 8 nitrogen and oxygen atoms in total. The topological polar surface area (TPSA) is 94.4 Å². The van der Waals surface area contributed by atoms with E-state index in [1.54, 1.807) is 0 Å². The van der Waals surface area contributed by atoms with E-state index in [0.717, 1.165) is 68.2 Å². The van der Waals surface area contributed by atoms with Crippen LogP contribution in [0.5, 0.6) is 5.75 Å². The van der Waals surface area contributed by atoms with Crippen molar-refractivity contribution in [1.29, 1.82) is 0 Å². The number of aryl methyl sites for hydroxylation is 4. The summed E-state index contributed by atoms with van der Waals surface area (Å²) in [5.74, 6) is 2.38. The quantitative estimate of drug-likeness (QED) is 0.418. The van der Waals surface area contributed by atoms with Crippen LogP contribution in [0.3, 0.4) is 0 Å². The molecule has 6 rings (SSSR count). The molecule has 0 spiro atoms. The Morgan fingerprint density at radius 1 is 1.06 bits per heavy atom. The fraction of sp³-hybridized carbons (Fsp3) is 0.296. The molecule has 176 valence electrons. The molecule has 3 aromatic heterocycles. The number of tetrazole rings is 1. The van der Waals surface area contributed by atoms with Crippen LogP contribution < -0.4 is 4.74 Å². The fourth-order valence-corrected chi connectivity index (χ4v) is 5.30. The lowest BCUT2D eigenvalue weighted by Crippen LogP contribution is -2.10. The second-order valence-electron chi connectivity index (χ2n) is 9.24. The predicted octanol–water partition coefficient (Wildman–Crippen LogP) is 4.55. The van der Waals surface area contributed by atoms with E-state index >= 15 is 0 Å². The van der Waals surface area contributed by atoms with E-state index in [1.807, 2.05) is 19.1 Å². The first-order chi connectivity index (χ1) is 17.0. The summed E-state index contributed by atoms with van der Waals surface area (Å²) in [5, 5.41) is 15.2. The van der Waals surface area contributed by atoms with Crippen molar-refractivity contribution in [2.45, 2.75) is 53.2 Å². The Bertz CT molecular complexity index is 1550. The van der Waals surface area contributed by atoms with Gasteiger partial charge in [0, 0.05) is 17.7 Å². The zero-order valence-electron chi connectivity index (χ0n) is 20.3. The van der Waals surface area contributed by atoms with Crippen LogP contribution in [0.25, 0.3) is 11.2 Å². The van der Waals surface area contributed by atoms with Gasteiger partial charge < -0.3 is 9.30 Å². The molecule has 0 amide bonds. The highest BCUT2D eigenvalue weighted by Gasteiger charge is 2.31. The molecule has 0 fully saturated rings. The highest BCUT2D eigenvalue weighted by atomic mass is 16.5. The molecule has 0 saturated heterocycles. The molecule has 1 unspecified atom stereocenters. The summed E-state index contributed by atoms with van der Waals surface area (Å²) in [7, 11) is 0. The molecule has 1 atom stereocenters. The van der Waals surface area contributed by atoms with Crippen LogP contribution in [0.4, 0.5) is 0 Å². The van der Waals surface area contributed by atoms with Crippen LogP contribution in [0.2, 0.25) is 0 Å². The van der Waals surface area contributed by atoms with Gasteiger partial charge in [0.05, 0.1) is 12.5 Å². The number of benzene rings is 2. The lowest BCUT2D eigenvalue weighted by molar-refractivity contribution is 0.306. The van der Waals surface area contributed by atoms with Crippen LogP contribution in [0, 0.1) is 20.8 Å². The summed E-state index contributed by atoms with van der Waals surface area (Å²) in [4.78, 5) is 9.75. The van der Waals surface area contributed by atoms with Crippen molar-refractivity contribution in [1.82, 2.24) is 35.2 Å². The number of ether oxygens (including phenoxy) is 1. The van der Waals surface area contributed by atoms with Crippen LogP contribution in [-0.4, -0.2) is 35.2 Å². The Morgan fingerprint density at radius 3 is 2.71 bits per heavy atom. The molecule has 1 N–H and O–H groups in total. The van der Waals surface area contributed by atoms with E-state index in [1.165, 1.54) is 0 Å². The van der Waals surface area contributed by atoms with Gasteiger partial charge in [0.2, 0.25) is 0 Å². The van der Waals surface area contributed by atoms with E-state index in [-0.39, 0.29) is 5.92 Å². The van der Waals surface area contributed by atoms with Crippen LogP contribution >= 0.6 is 0 Å². The summed E-state index contributed by atoms with van der Waals surface area (Å²) in [5.41, 5.74) is 9.70. The number of nitrogens with zero attached hydrogens (tertiary/aromatic N) is 6. The van der Waals surface area contributed by atoms with Gasteiger partial charge in [0.15, 0.2) is 11.5 Å². The molecule has 5 aromatic rings. The largest absolute Gasteiger partial charge is 0.489 e. The average Bonchev–Trinajstić information content (AvgIpc) is 3.45. The maximum atomic E-state index is 6.40. The second-order valence-corrected chi connectivity index (χ2v) is 9.24. The highest BCUT2D eigenvalue weighted by molar-refractivity contribution is 5.76. The highest BCUT2D eigenvalue weighted by Crippen LogP contribution is 2.42. The van der Waals surface area contributed by atoms with Crippen molar-refractivity contribution >= 4 is 11.2 Å². The third-order valence-corrected chi connectivity index (χ3v) is 6.82. The number of aromatic amines is 1. The molecule has 8 heteroatoms. The maximum absolute atomic E-state index is 6.40. The number of hydrogen-bond acceptors (Lipinski definition) is 6. The average molecular weight is 466 g/mol. The monoisotopic (exact) mass is 465 g/mol. The summed E-state index contributed by atoms with van der Waals surface area (Å²) in [6.45, 7) is 9.57. The van der Waals surface area contributed by atoms with Crippen molar-refractivity contribution in [3.05, 3.63) is 93.2 Å². The third-order valence-electron chi connectivity index (χ3n) is 6.82. The molecule has 0 radical (unpaired) electrons. The molecule has 4 heterocycles. The first kappa shape index (κ1) is 21.5. The van der Waals surface area contributed by atoms with Gasteiger partial charge in [-0.05, 0) is 60.7 Å². The predicted molar refractivity (Wildman–Crippen MR) is 133 cm³/mol. The van der Waals surface area contributed by atoms with Crippen molar-refractivity contribution in [3.8, 4) is 5.75 Å². The molecule has 2 aromatic carbocycles. The number of pyridine rings is 1. The maximum Gasteiger partial charge on any atom is 0.186 e. The van der Waals surface area contributed by atoms with Crippen LogP contribution in [0.1, 0.15) is 63.6 Å². The summed E-state index contributed by atoms with van der Waals surface area (Å²) >= 11 is 0. The third kappa shape index (κ3) is 3.56. The number of hydrogen-bond donors (Lipinski definition) is 1. The van der Waals surface area contributed by atoms with Gasteiger partial charge in [-0.1, -0.05) is 42.5 Å². The normalized spacial score (nSPS) is 14.9. The molecule has 0 saturated carbocycles. The number of rotatable bonds is 4. The smallest absolute Gasteiger partial charge is 0.186 e. The first-order valence-electron chi connectivity index (χ1n) is 11.9. The van der Waals surface area contributed by atoms with E-state index in [2.05, 4.69) is 76.3 Å². The Balaban J connectivity index is 1.49. The molecule has 0 bridgehead atoms. The van der Waals surface area contributed by atoms with Gasteiger partial charge in [0.25, 0.3) is 0 Å². The molecule has 1 aliphatic rings. The van der Waals surface area contributed by atoms with Gasteiger partial charge in [-0.15, -0.1) is 10.2 Å². The zero-order chi connectivity index (χ0) is 24.1. The summed E-state index contributed by atoms with van der Waals surface area (Å²) in [6, 6.07) is 14.8. The Morgan fingerprint density at radius 2 is 1.91 bits per heavy atom. The van der Waals surface area contributed by atoms with E-state index in [9.17, 15) is 0 Å². The van der Waals surface area contributed by atoms with E-state index < -0.39 is 0 Å². The minimum Gasteiger partial charge on any atom is -0.489 e. The minimum absolute atomic E-state index is 0.149. The lowest BCUT2D eigenvalue weighted by atomic mass is 9.85. The number of aromatic nitrogens is 7.